The fourth-order valence-corrected chi connectivity index (χ4v) is 4.26. The van der Waals surface area contributed by atoms with E-state index in [1.807, 2.05) is 22.7 Å². The molecule has 0 aromatic carbocycles. The van der Waals surface area contributed by atoms with Crippen LogP contribution in [0.3, 0.4) is 0 Å². The fourth-order valence-electron chi connectivity index (χ4n) is 2.20. The normalized spacial score (nSPS) is 12.9. The van der Waals surface area contributed by atoms with Crippen LogP contribution in [0.15, 0.2) is 17.5 Å². The number of rotatable bonds is 7. The summed E-state index contributed by atoms with van der Waals surface area (Å²) in [6.45, 7) is 10.7. The summed E-state index contributed by atoms with van der Waals surface area (Å²) < 4.78 is 0. The van der Waals surface area contributed by atoms with Gasteiger partial charge in [0.15, 0.2) is 5.13 Å². The summed E-state index contributed by atoms with van der Waals surface area (Å²) in [6.07, 6.45) is 0. The molecule has 116 valence electrons. The van der Waals surface area contributed by atoms with Crippen molar-refractivity contribution in [2.24, 2.45) is 0 Å². The van der Waals surface area contributed by atoms with E-state index in [0.717, 1.165) is 18.2 Å². The van der Waals surface area contributed by atoms with Gasteiger partial charge in [-0.2, -0.15) is 0 Å². The van der Waals surface area contributed by atoms with Crippen molar-refractivity contribution in [1.82, 2.24) is 10.3 Å². The fraction of sp³-hybridized carbons (Fsp3) is 0.562. The van der Waals surface area contributed by atoms with Crippen LogP contribution < -0.4 is 10.2 Å². The Labute approximate surface area is 136 Å². The Bertz CT molecular complexity index is 546. The molecule has 5 heteroatoms. The molecular weight excluding hydrogens is 298 g/mol. The molecule has 21 heavy (non-hydrogen) atoms. The SMILES string of the molecule is CCNCc1sc(N(C)C(C)c2cccs2)nc1C(C)C. The zero-order chi connectivity index (χ0) is 15.4. The van der Waals surface area contributed by atoms with Crippen LogP contribution in [0.4, 0.5) is 5.13 Å². The maximum Gasteiger partial charge on any atom is 0.186 e. The summed E-state index contributed by atoms with van der Waals surface area (Å²) in [4.78, 5) is 9.94. The van der Waals surface area contributed by atoms with Gasteiger partial charge in [0.2, 0.25) is 0 Å². The molecular formula is C16H25N3S2. The van der Waals surface area contributed by atoms with Gasteiger partial charge in [0.25, 0.3) is 0 Å². The summed E-state index contributed by atoms with van der Waals surface area (Å²) in [6, 6.07) is 4.67. The first-order valence-electron chi connectivity index (χ1n) is 7.51. The van der Waals surface area contributed by atoms with Crippen LogP contribution in [0, 0.1) is 0 Å². The van der Waals surface area contributed by atoms with Crippen LogP contribution in [-0.2, 0) is 6.54 Å². The molecule has 3 nitrogen and oxygen atoms in total. The number of nitrogens with zero attached hydrogens (tertiary/aromatic N) is 2. The number of nitrogens with one attached hydrogen (secondary N) is 1. The van der Waals surface area contributed by atoms with Crippen LogP contribution >= 0.6 is 22.7 Å². The van der Waals surface area contributed by atoms with Crippen molar-refractivity contribution >= 4 is 27.8 Å². The standard InChI is InChI=1S/C16H25N3S2/c1-6-17-10-14-15(11(2)3)18-16(21-14)19(5)12(4)13-8-7-9-20-13/h7-9,11-12,17H,6,10H2,1-5H3. The largest absolute Gasteiger partial charge is 0.344 e. The van der Waals surface area contributed by atoms with E-state index in [9.17, 15) is 0 Å². The van der Waals surface area contributed by atoms with E-state index in [0.29, 0.717) is 12.0 Å². The highest BCUT2D eigenvalue weighted by Crippen LogP contribution is 2.34. The zero-order valence-corrected chi connectivity index (χ0v) is 15.1. The summed E-state index contributed by atoms with van der Waals surface area (Å²) in [5, 5.41) is 6.68. The summed E-state index contributed by atoms with van der Waals surface area (Å²) in [5.41, 5.74) is 1.24. The summed E-state index contributed by atoms with van der Waals surface area (Å²) in [5.74, 6) is 0.467. The van der Waals surface area contributed by atoms with Crippen molar-refractivity contribution in [3.63, 3.8) is 0 Å². The second kappa shape index (κ2) is 7.38. The Hall–Kier alpha value is -0.910. The molecule has 0 radical (unpaired) electrons. The molecule has 0 amide bonds. The maximum atomic E-state index is 4.90. The van der Waals surface area contributed by atoms with Crippen LogP contribution in [0.1, 0.15) is 55.1 Å². The van der Waals surface area contributed by atoms with Gasteiger partial charge in [-0.3, -0.25) is 0 Å². The number of hydrogen-bond acceptors (Lipinski definition) is 5. The van der Waals surface area contributed by atoms with Crippen molar-refractivity contribution in [3.8, 4) is 0 Å². The third-order valence-electron chi connectivity index (χ3n) is 3.64. The van der Waals surface area contributed by atoms with Crippen molar-refractivity contribution in [2.45, 2.75) is 46.2 Å². The molecule has 0 bridgehead atoms. The maximum absolute atomic E-state index is 4.90. The minimum absolute atomic E-state index is 0.364. The lowest BCUT2D eigenvalue weighted by Crippen LogP contribution is -2.20. The molecule has 2 rings (SSSR count). The predicted octanol–water partition coefficient (Wildman–Crippen LogP) is 4.63. The number of aromatic nitrogens is 1. The topological polar surface area (TPSA) is 28.2 Å². The number of thiophene rings is 1. The van der Waals surface area contributed by atoms with Crippen LogP contribution in [0.25, 0.3) is 0 Å². The molecule has 2 aromatic rings. The van der Waals surface area contributed by atoms with E-state index in [2.05, 4.69) is 62.5 Å². The van der Waals surface area contributed by atoms with Crippen molar-refractivity contribution in [2.75, 3.05) is 18.5 Å². The Morgan fingerprint density at radius 2 is 2.10 bits per heavy atom. The molecule has 0 aliphatic heterocycles. The highest BCUT2D eigenvalue weighted by atomic mass is 32.1. The van der Waals surface area contributed by atoms with E-state index in [-0.39, 0.29) is 0 Å². The number of hydrogen-bond donors (Lipinski definition) is 1. The van der Waals surface area contributed by atoms with Crippen molar-refractivity contribution in [1.29, 1.82) is 0 Å². The highest BCUT2D eigenvalue weighted by molar-refractivity contribution is 7.15. The molecule has 1 atom stereocenters. The first-order valence-corrected chi connectivity index (χ1v) is 9.20. The predicted molar refractivity (Wildman–Crippen MR) is 94.7 cm³/mol. The summed E-state index contributed by atoms with van der Waals surface area (Å²) >= 11 is 3.63. The van der Waals surface area contributed by atoms with Crippen LogP contribution in [0.2, 0.25) is 0 Å². The number of thiazole rings is 1. The molecule has 1 unspecified atom stereocenters. The van der Waals surface area contributed by atoms with Crippen molar-refractivity contribution < 1.29 is 0 Å². The number of anilines is 1. The second-order valence-corrected chi connectivity index (χ2v) is 7.58. The van der Waals surface area contributed by atoms with Gasteiger partial charge in [0, 0.05) is 23.3 Å². The smallest absolute Gasteiger partial charge is 0.186 e. The average Bonchev–Trinajstić information content (AvgIpc) is 3.12. The van der Waals surface area contributed by atoms with Gasteiger partial charge < -0.3 is 10.2 Å². The lowest BCUT2D eigenvalue weighted by Gasteiger charge is -2.23. The quantitative estimate of drug-likeness (QED) is 0.805. The third kappa shape index (κ3) is 3.84. The Morgan fingerprint density at radius 3 is 2.67 bits per heavy atom. The lowest BCUT2D eigenvalue weighted by atomic mass is 10.1. The molecule has 2 heterocycles. The van der Waals surface area contributed by atoms with E-state index in [1.54, 1.807) is 0 Å². The van der Waals surface area contributed by atoms with Gasteiger partial charge in [-0.15, -0.1) is 22.7 Å². The molecule has 0 saturated heterocycles. The Kier molecular flexibility index (Phi) is 5.79. The highest BCUT2D eigenvalue weighted by Gasteiger charge is 2.20. The van der Waals surface area contributed by atoms with Gasteiger partial charge in [-0.05, 0) is 30.8 Å². The van der Waals surface area contributed by atoms with Gasteiger partial charge in [0.1, 0.15) is 0 Å². The van der Waals surface area contributed by atoms with Gasteiger partial charge in [0.05, 0.1) is 11.7 Å². The van der Waals surface area contributed by atoms with Gasteiger partial charge >= 0.3 is 0 Å². The lowest BCUT2D eigenvalue weighted by molar-refractivity contribution is 0.711. The molecule has 0 aliphatic carbocycles. The van der Waals surface area contributed by atoms with E-state index >= 15 is 0 Å². The van der Waals surface area contributed by atoms with Crippen LogP contribution in [-0.4, -0.2) is 18.6 Å². The molecule has 1 N–H and O–H groups in total. The van der Waals surface area contributed by atoms with E-state index < -0.39 is 0 Å². The van der Waals surface area contributed by atoms with Crippen molar-refractivity contribution in [3.05, 3.63) is 33.0 Å². The zero-order valence-electron chi connectivity index (χ0n) is 13.5. The minimum atomic E-state index is 0.364. The third-order valence-corrected chi connectivity index (χ3v) is 5.84. The molecule has 0 saturated carbocycles. The van der Waals surface area contributed by atoms with Crippen LogP contribution in [0.5, 0.6) is 0 Å². The molecule has 0 fully saturated rings. The average molecular weight is 324 g/mol. The van der Waals surface area contributed by atoms with E-state index in [4.69, 9.17) is 4.98 Å². The summed E-state index contributed by atoms with van der Waals surface area (Å²) in [7, 11) is 2.14. The first kappa shape index (κ1) is 16.5. The second-order valence-electron chi connectivity index (χ2n) is 5.54. The van der Waals surface area contributed by atoms with E-state index in [1.165, 1.54) is 15.4 Å². The Morgan fingerprint density at radius 1 is 1.33 bits per heavy atom. The first-order chi connectivity index (χ1) is 10.0. The molecule has 2 aromatic heterocycles. The minimum Gasteiger partial charge on any atom is -0.344 e. The van der Waals surface area contributed by atoms with Gasteiger partial charge in [-0.25, -0.2) is 4.98 Å². The monoisotopic (exact) mass is 323 g/mol. The van der Waals surface area contributed by atoms with Gasteiger partial charge in [-0.1, -0.05) is 26.8 Å². The Balaban J connectivity index is 2.22. The molecule has 0 spiro atoms. The molecule has 0 aliphatic rings.